The van der Waals surface area contributed by atoms with Crippen LogP contribution in [0.2, 0.25) is 0 Å². The third-order valence-corrected chi connectivity index (χ3v) is 5.06. The molecule has 0 saturated heterocycles. The monoisotopic (exact) mass is 354 g/mol. The lowest BCUT2D eigenvalue weighted by Crippen LogP contribution is -2.30. The SMILES string of the molecule is CCCNc1ncnc(NC(CC)C2CCCCC2)c1Br. The van der Waals surface area contributed by atoms with Gasteiger partial charge in [-0.3, -0.25) is 0 Å². The van der Waals surface area contributed by atoms with Gasteiger partial charge in [-0.2, -0.15) is 0 Å². The Hall–Kier alpha value is -0.840. The van der Waals surface area contributed by atoms with Gasteiger partial charge in [0.2, 0.25) is 0 Å². The Labute approximate surface area is 136 Å². The Kier molecular flexibility index (Phi) is 6.74. The van der Waals surface area contributed by atoms with Crippen LogP contribution in [0.4, 0.5) is 11.6 Å². The molecule has 2 N–H and O–H groups in total. The second-order valence-corrected chi connectivity index (χ2v) is 6.66. The average Bonchev–Trinajstić information content (AvgIpc) is 2.53. The fourth-order valence-corrected chi connectivity index (χ4v) is 3.56. The Balaban J connectivity index is 2.06. The van der Waals surface area contributed by atoms with E-state index in [0.29, 0.717) is 6.04 Å². The van der Waals surface area contributed by atoms with Crippen LogP contribution in [-0.2, 0) is 0 Å². The molecule has 2 rings (SSSR count). The molecule has 118 valence electrons. The van der Waals surface area contributed by atoms with Gasteiger partial charge in [0, 0.05) is 12.6 Å². The van der Waals surface area contributed by atoms with Gasteiger partial charge >= 0.3 is 0 Å². The van der Waals surface area contributed by atoms with Crippen LogP contribution in [0.1, 0.15) is 58.8 Å². The molecule has 1 aliphatic rings. The normalized spacial score (nSPS) is 17.5. The third kappa shape index (κ3) is 4.56. The van der Waals surface area contributed by atoms with E-state index in [1.165, 1.54) is 32.1 Å². The van der Waals surface area contributed by atoms with E-state index in [2.05, 4.69) is 50.4 Å². The molecule has 1 atom stereocenters. The van der Waals surface area contributed by atoms with Gasteiger partial charge in [-0.05, 0) is 47.5 Å². The van der Waals surface area contributed by atoms with Gasteiger partial charge in [0.05, 0.1) is 0 Å². The number of nitrogens with zero attached hydrogens (tertiary/aromatic N) is 2. The average molecular weight is 355 g/mol. The van der Waals surface area contributed by atoms with Gasteiger partial charge in [-0.1, -0.05) is 33.1 Å². The van der Waals surface area contributed by atoms with Crippen LogP contribution in [0.15, 0.2) is 10.8 Å². The number of rotatable bonds is 7. The van der Waals surface area contributed by atoms with Gasteiger partial charge in [-0.25, -0.2) is 9.97 Å². The summed E-state index contributed by atoms with van der Waals surface area (Å²) in [7, 11) is 0. The first kappa shape index (κ1) is 16.5. The molecular formula is C16H27BrN4. The second-order valence-electron chi connectivity index (χ2n) is 5.87. The summed E-state index contributed by atoms with van der Waals surface area (Å²) in [6.07, 6.45) is 10.7. The zero-order chi connectivity index (χ0) is 15.1. The second kappa shape index (κ2) is 8.57. The highest BCUT2D eigenvalue weighted by atomic mass is 79.9. The molecule has 1 saturated carbocycles. The van der Waals surface area contributed by atoms with Crippen molar-refractivity contribution >= 4 is 27.6 Å². The van der Waals surface area contributed by atoms with Crippen molar-refractivity contribution in [1.29, 1.82) is 0 Å². The van der Waals surface area contributed by atoms with E-state index in [4.69, 9.17) is 0 Å². The number of anilines is 2. The highest BCUT2D eigenvalue weighted by Gasteiger charge is 2.23. The van der Waals surface area contributed by atoms with Crippen molar-refractivity contribution in [3.05, 3.63) is 10.8 Å². The Morgan fingerprint density at radius 1 is 1.19 bits per heavy atom. The summed E-state index contributed by atoms with van der Waals surface area (Å²) in [4.78, 5) is 8.73. The van der Waals surface area contributed by atoms with Crippen LogP contribution in [-0.4, -0.2) is 22.6 Å². The van der Waals surface area contributed by atoms with Crippen LogP contribution < -0.4 is 10.6 Å². The summed E-state index contributed by atoms with van der Waals surface area (Å²) in [6.45, 7) is 5.34. The fourth-order valence-electron chi connectivity index (χ4n) is 3.10. The first-order valence-electron chi connectivity index (χ1n) is 8.27. The van der Waals surface area contributed by atoms with E-state index >= 15 is 0 Å². The van der Waals surface area contributed by atoms with Crippen LogP contribution >= 0.6 is 15.9 Å². The maximum atomic E-state index is 4.42. The molecule has 1 aliphatic carbocycles. The van der Waals surface area contributed by atoms with E-state index in [-0.39, 0.29) is 0 Å². The minimum absolute atomic E-state index is 0.510. The molecule has 21 heavy (non-hydrogen) atoms. The number of halogens is 1. The lowest BCUT2D eigenvalue weighted by atomic mass is 9.83. The van der Waals surface area contributed by atoms with Crippen LogP contribution in [0.5, 0.6) is 0 Å². The number of hydrogen-bond donors (Lipinski definition) is 2. The van der Waals surface area contributed by atoms with E-state index in [0.717, 1.165) is 41.4 Å². The molecule has 1 aromatic rings. The molecule has 1 heterocycles. The molecule has 5 heteroatoms. The summed E-state index contributed by atoms with van der Waals surface area (Å²) in [5, 5.41) is 6.98. The molecular weight excluding hydrogens is 328 g/mol. The van der Waals surface area contributed by atoms with E-state index < -0.39 is 0 Å². The van der Waals surface area contributed by atoms with Gasteiger partial charge in [0.15, 0.2) is 0 Å². The molecule has 1 aromatic heterocycles. The summed E-state index contributed by atoms with van der Waals surface area (Å²) < 4.78 is 0.952. The molecule has 0 radical (unpaired) electrons. The smallest absolute Gasteiger partial charge is 0.146 e. The Bertz CT molecular complexity index is 432. The lowest BCUT2D eigenvalue weighted by molar-refractivity contribution is 0.312. The maximum absolute atomic E-state index is 4.42. The topological polar surface area (TPSA) is 49.8 Å². The Morgan fingerprint density at radius 2 is 1.90 bits per heavy atom. The summed E-state index contributed by atoms with van der Waals surface area (Å²) >= 11 is 3.64. The zero-order valence-electron chi connectivity index (χ0n) is 13.2. The zero-order valence-corrected chi connectivity index (χ0v) is 14.7. The lowest BCUT2D eigenvalue weighted by Gasteiger charge is -2.31. The fraction of sp³-hybridized carbons (Fsp3) is 0.750. The van der Waals surface area contributed by atoms with Crippen molar-refractivity contribution in [2.75, 3.05) is 17.2 Å². The molecule has 1 fully saturated rings. The van der Waals surface area contributed by atoms with Crippen molar-refractivity contribution in [3.63, 3.8) is 0 Å². The minimum atomic E-state index is 0.510. The van der Waals surface area contributed by atoms with Gasteiger partial charge < -0.3 is 10.6 Å². The van der Waals surface area contributed by atoms with E-state index in [1.54, 1.807) is 6.33 Å². The first-order chi connectivity index (χ1) is 10.3. The molecule has 1 unspecified atom stereocenters. The van der Waals surface area contributed by atoms with Crippen molar-refractivity contribution < 1.29 is 0 Å². The number of hydrogen-bond acceptors (Lipinski definition) is 4. The molecule has 0 spiro atoms. The molecule has 0 aliphatic heterocycles. The Morgan fingerprint density at radius 3 is 2.57 bits per heavy atom. The number of nitrogens with one attached hydrogen (secondary N) is 2. The highest BCUT2D eigenvalue weighted by Crippen LogP contribution is 2.32. The molecule has 0 aromatic carbocycles. The van der Waals surface area contributed by atoms with Crippen LogP contribution in [0, 0.1) is 5.92 Å². The van der Waals surface area contributed by atoms with Crippen molar-refractivity contribution in [3.8, 4) is 0 Å². The predicted octanol–water partition coefficient (Wildman–Crippen LogP) is 4.83. The van der Waals surface area contributed by atoms with E-state index in [1.807, 2.05) is 0 Å². The molecule has 4 nitrogen and oxygen atoms in total. The maximum Gasteiger partial charge on any atom is 0.146 e. The van der Waals surface area contributed by atoms with Crippen molar-refractivity contribution in [1.82, 2.24) is 9.97 Å². The van der Waals surface area contributed by atoms with E-state index in [9.17, 15) is 0 Å². The van der Waals surface area contributed by atoms with Crippen molar-refractivity contribution in [2.45, 2.75) is 64.8 Å². The van der Waals surface area contributed by atoms with Gasteiger partial charge in [0.1, 0.15) is 22.4 Å². The summed E-state index contributed by atoms with van der Waals surface area (Å²) in [5.41, 5.74) is 0. The quantitative estimate of drug-likeness (QED) is 0.735. The van der Waals surface area contributed by atoms with Crippen LogP contribution in [0.25, 0.3) is 0 Å². The van der Waals surface area contributed by atoms with Gasteiger partial charge in [0.25, 0.3) is 0 Å². The largest absolute Gasteiger partial charge is 0.369 e. The van der Waals surface area contributed by atoms with Crippen LogP contribution in [0.3, 0.4) is 0 Å². The first-order valence-corrected chi connectivity index (χ1v) is 9.06. The summed E-state index contributed by atoms with van der Waals surface area (Å²) in [6, 6.07) is 0.510. The molecule has 0 amide bonds. The summed E-state index contributed by atoms with van der Waals surface area (Å²) in [5.74, 6) is 2.58. The standard InChI is InChI=1S/C16H27BrN4/c1-3-10-18-15-14(17)16(20-11-19-15)21-13(4-2)12-8-6-5-7-9-12/h11-13H,3-10H2,1-2H3,(H2,18,19,20,21). The minimum Gasteiger partial charge on any atom is -0.369 e. The molecule has 0 bridgehead atoms. The predicted molar refractivity (Wildman–Crippen MR) is 92.8 cm³/mol. The van der Waals surface area contributed by atoms with Gasteiger partial charge in [-0.15, -0.1) is 0 Å². The van der Waals surface area contributed by atoms with Crippen molar-refractivity contribution in [2.24, 2.45) is 5.92 Å². The number of aromatic nitrogens is 2. The highest BCUT2D eigenvalue weighted by molar-refractivity contribution is 9.10. The third-order valence-electron chi connectivity index (χ3n) is 4.31.